The van der Waals surface area contributed by atoms with E-state index in [4.69, 9.17) is 4.74 Å². The first-order valence-corrected chi connectivity index (χ1v) is 9.30. The number of thiophene rings is 1. The fraction of sp³-hybridized carbons (Fsp3) is 0.368. The Balaban J connectivity index is 1.49. The molecule has 1 atom stereocenters. The zero-order valence-corrected chi connectivity index (χ0v) is 14.9. The second kappa shape index (κ2) is 6.61. The van der Waals surface area contributed by atoms with E-state index < -0.39 is 6.10 Å². The summed E-state index contributed by atoms with van der Waals surface area (Å²) in [6, 6.07) is 7.66. The Bertz CT molecular complexity index is 959. The third-order valence-electron chi connectivity index (χ3n) is 4.56. The second-order valence-corrected chi connectivity index (χ2v) is 7.60. The van der Waals surface area contributed by atoms with Crippen LogP contribution in [0.25, 0.3) is 10.2 Å². The standard InChI is InChI=1S/C19H20N2O3S/c1-12-5-7-14(8-6-12)24-10-13(22)9-21-11-20-18-17(19(21)23)15-3-2-4-16(15)25-18/h5-8,11,13,22H,2-4,9-10H2,1H3/t13-/m1/s1. The van der Waals surface area contributed by atoms with Crippen molar-refractivity contribution in [3.05, 3.63) is 57.0 Å². The van der Waals surface area contributed by atoms with Crippen LogP contribution < -0.4 is 10.3 Å². The lowest BCUT2D eigenvalue weighted by molar-refractivity contribution is 0.0915. The van der Waals surface area contributed by atoms with Crippen LogP contribution >= 0.6 is 11.3 Å². The molecule has 0 bridgehead atoms. The summed E-state index contributed by atoms with van der Waals surface area (Å²) >= 11 is 1.63. The van der Waals surface area contributed by atoms with Crippen molar-refractivity contribution in [2.45, 2.75) is 38.8 Å². The van der Waals surface area contributed by atoms with Gasteiger partial charge in [0.25, 0.3) is 5.56 Å². The van der Waals surface area contributed by atoms with Crippen LogP contribution in [0.4, 0.5) is 0 Å². The van der Waals surface area contributed by atoms with Crippen molar-refractivity contribution in [1.82, 2.24) is 9.55 Å². The molecule has 1 aliphatic carbocycles. The number of aliphatic hydroxyl groups excluding tert-OH is 1. The molecular weight excluding hydrogens is 336 g/mol. The topological polar surface area (TPSA) is 64.3 Å². The molecule has 0 saturated heterocycles. The molecule has 1 N–H and O–H groups in total. The predicted octanol–water partition coefficient (Wildman–Crippen LogP) is 2.70. The van der Waals surface area contributed by atoms with Crippen LogP contribution in [-0.4, -0.2) is 27.4 Å². The van der Waals surface area contributed by atoms with E-state index in [2.05, 4.69) is 4.98 Å². The molecule has 130 valence electrons. The first-order chi connectivity index (χ1) is 12.1. The zero-order chi connectivity index (χ0) is 17.4. The van der Waals surface area contributed by atoms with E-state index in [1.165, 1.54) is 15.8 Å². The lowest BCUT2D eigenvalue weighted by Gasteiger charge is -2.14. The second-order valence-electron chi connectivity index (χ2n) is 6.52. The van der Waals surface area contributed by atoms with E-state index in [1.54, 1.807) is 11.3 Å². The number of ether oxygens (including phenoxy) is 1. The number of hydrogen-bond donors (Lipinski definition) is 1. The summed E-state index contributed by atoms with van der Waals surface area (Å²) in [5, 5.41) is 11.0. The highest BCUT2D eigenvalue weighted by atomic mass is 32.1. The molecule has 1 aliphatic rings. The van der Waals surface area contributed by atoms with E-state index in [0.29, 0.717) is 5.75 Å². The summed E-state index contributed by atoms with van der Waals surface area (Å²) in [4.78, 5) is 19.3. The molecule has 0 aliphatic heterocycles. The molecular formula is C19H20N2O3S. The highest BCUT2D eigenvalue weighted by molar-refractivity contribution is 7.18. The van der Waals surface area contributed by atoms with Crippen LogP contribution in [0, 0.1) is 6.92 Å². The Morgan fingerprint density at radius 3 is 2.92 bits per heavy atom. The largest absolute Gasteiger partial charge is 0.491 e. The van der Waals surface area contributed by atoms with Gasteiger partial charge in [0.1, 0.15) is 23.3 Å². The van der Waals surface area contributed by atoms with Gasteiger partial charge in [-0.2, -0.15) is 0 Å². The molecule has 4 rings (SSSR count). The molecule has 3 aromatic rings. The minimum absolute atomic E-state index is 0.0567. The molecule has 5 nitrogen and oxygen atoms in total. The number of hydrogen-bond acceptors (Lipinski definition) is 5. The Labute approximate surface area is 149 Å². The van der Waals surface area contributed by atoms with E-state index >= 15 is 0 Å². The van der Waals surface area contributed by atoms with Gasteiger partial charge in [-0.25, -0.2) is 4.98 Å². The molecule has 2 aromatic heterocycles. The predicted molar refractivity (Wildman–Crippen MR) is 98.6 cm³/mol. The van der Waals surface area contributed by atoms with Crippen molar-refractivity contribution >= 4 is 21.6 Å². The van der Waals surface area contributed by atoms with E-state index in [9.17, 15) is 9.90 Å². The zero-order valence-electron chi connectivity index (χ0n) is 14.1. The van der Waals surface area contributed by atoms with Gasteiger partial charge in [-0.1, -0.05) is 17.7 Å². The summed E-state index contributed by atoms with van der Waals surface area (Å²) < 4.78 is 7.09. The maximum Gasteiger partial charge on any atom is 0.262 e. The van der Waals surface area contributed by atoms with Crippen molar-refractivity contribution < 1.29 is 9.84 Å². The summed E-state index contributed by atoms with van der Waals surface area (Å²) in [5.41, 5.74) is 2.26. The normalized spacial score (nSPS) is 14.6. The number of aromatic nitrogens is 2. The molecule has 0 unspecified atom stereocenters. The van der Waals surface area contributed by atoms with Crippen LogP contribution in [0.2, 0.25) is 0 Å². The average Bonchev–Trinajstić information content (AvgIpc) is 3.18. The van der Waals surface area contributed by atoms with Gasteiger partial charge >= 0.3 is 0 Å². The van der Waals surface area contributed by atoms with Crippen LogP contribution in [-0.2, 0) is 19.4 Å². The Morgan fingerprint density at radius 1 is 1.32 bits per heavy atom. The van der Waals surface area contributed by atoms with Crippen molar-refractivity contribution in [2.75, 3.05) is 6.61 Å². The Morgan fingerprint density at radius 2 is 2.12 bits per heavy atom. The minimum atomic E-state index is -0.773. The lowest BCUT2D eigenvalue weighted by atomic mass is 10.2. The van der Waals surface area contributed by atoms with E-state index in [-0.39, 0.29) is 18.7 Å². The fourth-order valence-corrected chi connectivity index (χ4v) is 4.48. The summed E-state index contributed by atoms with van der Waals surface area (Å²) in [6.07, 6.45) is 3.87. The van der Waals surface area contributed by atoms with Gasteiger partial charge in [0.15, 0.2) is 0 Å². The van der Waals surface area contributed by atoms with Crippen LogP contribution in [0.1, 0.15) is 22.4 Å². The number of rotatable bonds is 5. The van der Waals surface area contributed by atoms with Crippen molar-refractivity contribution in [2.24, 2.45) is 0 Å². The first kappa shape index (κ1) is 16.3. The number of fused-ring (bicyclic) bond motifs is 3. The van der Waals surface area contributed by atoms with Gasteiger partial charge in [0.2, 0.25) is 0 Å². The lowest BCUT2D eigenvalue weighted by Crippen LogP contribution is -2.30. The number of aliphatic hydroxyl groups is 1. The first-order valence-electron chi connectivity index (χ1n) is 8.49. The maximum absolute atomic E-state index is 12.8. The molecule has 25 heavy (non-hydrogen) atoms. The van der Waals surface area contributed by atoms with E-state index in [1.807, 2.05) is 31.2 Å². The van der Waals surface area contributed by atoms with Gasteiger partial charge in [0.05, 0.1) is 18.3 Å². The van der Waals surface area contributed by atoms with Crippen LogP contribution in [0.15, 0.2) is 35.4 Å². The quantitative estimate of drug-likeness (QED) is 0.763. The Kier molecular flexibility index (Phi) is 4.31. The van der Waals surface area contributed by atoms with Gasteiger partial charge in [-0.3, -0.25) is 9.36 Å². The van der Waals surface area contributed by atoms with Crippen molar-refractivity contribution in [1.29, 1.82) is 0 Å². The molecule has 0 amide bonds. The Hall–Kier alpha value is -2.18. The summed E-state index contributed by atoms with van der Waals surface area (Å²) in [5.74, 6) is 0.709. The molecule has 2 heterocycles. The SMILES string of the molecule is Cc1ccc(OC[C@H](O)Cn2cnc3sc4c(c3c2=O)CCC4)cc1. The minimum Gasteiger partial charge on any atom is -0.491 e. The molecule has 0 spiro atoms. The molecule has 1 aromatic carbocycles. The fourth-order valence-electron chi connectivity index (χ4n) is 3.26. The third-order valence-corrected chi connectivity index (χ3v) is 5.76. The van der Waals surface area contributed by atoms with Gasteiger partial charge in [-0.15, -0.1) is 11.3 Å². The summed E-state index contributed by atoms with van der Waals surface area (Å²) in [7, 11) is 0. The molecule has 0 fully saturated rings. The highest BCUT2D eigenvalue weighted by Crippen LogP contribution is 2.34. The molecule has 0 radical (unpaired) electrons. The summed E-state index contributed by atoms with van der Waals surface area (Å²) in [6.45, 7) is 2.32. The average molecular weight is 356 g/mol. The highest BCUT2D eigenvalue weighted by Gasteiger charge is 2.21. The number of nitrogens with zero attached hydrogens (tertiary/aromatic N) is 2. The third kappa shape index (κ3) is 3.19. The smallest absolute Gasteiger partial charge is 0.262 e. The van der Waals surface area contributed by atoms with Crippen molar-refractivity contribution in [3.63, 3.8) is 0 Å². The van der Waals surface area contributed by atoms with Crippen LogP contribution in [0.3, 0.4) is 0 Å². The number of benzene rings is 1. The number of aryl methyl sites for hydroxylation is 3. The monoisotopic (exact) mass is 356 g/mol. The van der Waals surface area contributed by atoms with Gasteiger partial charge in [0, 0.05) is 4.88 Å². The molecule has 0 saturated carbocycles. The van der Waals surface area contributed by atoms with E-state index in [0.717, 1.165) is 40.6 Å². The van der Waals surface area contributed by atoms with Crippen molar-refractivity contribution in [3.8, 4) is 5.75 Å². The van der Waals surface area contributed by atoms with Gasteiger partial charge < -0.3 is 9.84 Å². The van der Waals surface area contributed by atoms with Crippen LogP contribution in [0.5, 0.6) is 5.75 Å². The molecule has 6 heteroatoms. The maximum atomic E-state index is 12.8. The van der Waals surface area contributed by atoms with Gasteiger partial charge in [-0.05, 0) is 43.9 Å².